The molecule has 1 aliphatic rings. The smallest absolute Gasteiger partial charge is 0.265 e. The topological polar surface area (TPSA) is 63.7 Å². The third kappa shape index (κ3) is 3.65. The van der Waals surface area contributed by atoms with Crippen LogP contribution in [0.25, 0.3) is 0 Å². The van der Waals surface area contributed by atoms with Crippen molar-refractivity contribution >= 4 is 25.6 Å². The molecule has 0 bridgehead atoms. The number of methoxy groups -OCH3 is 1. The minimum Gasteiger partial charge on any atom is -0.492 e. The van der Waals surface area contributed by atoms with Gasteiger partial charge in [-0.05, 0) is 30.9 Å². The molecule has 1 aliphatic carbocycles. The number of amides is 1. The monoisotopic (exact) mass is 335 g/mol. The minimum atomic E-state index is -4.22. The van der Waals surface area contributed by atoms with Crippen LogP contribution in [0, 0.1) is 11.7 Å². The number of hydrogen-bond acceptors (Lipinski definition) is 4. The van der Waals surface area contributed by atoms with E-state index in [1.807, 2.05) is 0 Å². The number of ether oxygens (including phenoxy) is 1. The van der Waals surface area contributed by atoms with Gasteiger partial charge in [0.2, 0.25) is 0 Å². The van der Waals surface area contributed by atoms with Crippen molar-refractivity contribution in [3.05, 3.63) is 23.5 Å². The number of halogens is 2. The number of carbonyl (C=O) groups excluding carboxylic acids is 1. The Kier molecular flexibility index (Phi) is 4.43. The quantitative estimate of drug-likeness (QED) is 0.774. The molecule has 1 aromatic rings. The Balaban J connectivity index is 2.40. The van der Waals surface area contributed by atoms with Crippen molar-refractivity contribution in [2.75, 3.05) is 20.7 Å². The Hall–Kier alpha value is -1.34. The lowest BCUT2D eigenvalue weighted by Crippen LogP contribution is -2.29. The fourth-order valence-electron chi connectivity index (χ4n) is 2.06. The molecule has 0 aliphatic heterocycles. The lowest BCUT2D eigenvalue weighted by Gasteiger charge is -2.18. The predicted octanol–water partition coefficient (Wildman–Crippen LogP) is 2.24. The molecule has 2 rings (SSSR count). The van der Waals surface area contributed by atoms with Gasteiger partial charge in [-0.1, -0.05) is 0 Å². The van der Waals surface area contributed by atoms with Crippen LogP contribution in [0.15, 0.2) is 17.0 Å². The van der Waals surface area contributed by atoms with Crippen molar-refractivity contribution in [2.24, 2.45) is 5.92 Å². The second-order valence-corrected chi connectivity index (χ2v) is 7.59. The Morgan fingerprint density at radius 3 is 2.57 bits per heavy atom. The molecule has 0 unspecified atom stereocenters. The van der Waals surface area contributed by atoms with Crippen LogP contribution in [0.4, 0.5) is 4.39 Å². The first kappa shape index (κ1) is 16.0. The number of hydrogen-bond donors (Lipinski definition) is 0. The zero-order valence-electron chi connectivity index (χ0n) is 11.6. The molecule has 8 heteroatoms. The van der Waals surface area contributed by atoms with Crippen molar-refractivity contribution < 1.29 is 22.3 Å². The van der Waals surface area contributed by atoms with E-state index in [1.165, 1.54) is 4.90 Å². The fourth-order valence-corrected chi connectivity index (χ4v) is 3.08. The summed E-state index contributed by atoms with van der Waals surface area (Å²) in [4.78, 5) is 13.1. The number of rotatable bonds is 5. The molecule has 0 atom stereocenters. The molecule has 0 spiro atoms. The first-order valence-electron chi connectivity index (χ1n) is 6.31. The molecule has 1 fully saturated rings. The third-order valence-corrected chi connectivity index (χ3v) is 4.63. The van der Waals surface area contributed by atoms with Crippen molar-refractivity contribution in [3.8, 4) is 5.75 Å². The highest BCUT2D eigenvalue weighted by Gasteiger charge is 2.28. The SMILES string of the molecule is COc1c(F)cc(C(=O)N(C)CC2CC2)cc1S(=O)(=O)Cl. The predicted molar refractivity (Wildman–Crippen MR) is 75.7 cm³/mol. The lowest BCUT2D eigenvalue weighted by atomic mass is 10.1. The molecule has 1 amide bonds. The van der Waals surface area contributed by atoms with Gasteiger partial charge in [0.15, 0.2) is 11.6 Å². The summed E-state index contributed by atoms with van der Waals surface area (Å²) in [6.45, 7) is 0.565. The van der Waals surface area contributed by atoms with Crippen LogP contribution in [0.3, 0.4) is 0 Å². The normalized spacial score (nSPS) is 14.9. The van der Waals surface area contributed by atoms with Crippen molar-refractivity contribution in [1.82, 2.24) is 4.90 Å². The maximum atomic E-state index is 13.9. The standard InChI is InChI=1S/C13H15ClFNO4S/c1-16(7-8-3-4-8)13(17)9-5-10(15)12(20-2)11(6-9)21(14,18)19/h5-6,8H,3-4,7H2,1-2H3. The van der Waals surface area contributed by atoms with Crippen LogP contribution >= 0.6 is 10.7 Å². The van der Waals surface area contributed by atoms with Gasteiger partial charge in [-0.25, -0.2) is 12.8 Å². The van der Waals surface area contributed by atoms with Gasteiger partial charge in [-0.15, -0.1) is 0 Å². The summed E-state index contributed by atoms with van der Waals surface area (Å²) < 4.78 is 41.6. The Morgan fingerprint density at radius 1 is 1.48 bits per heavy atom. The van der Waals surface area contributed by atoms with E-state index in [-0.39, 0.29) is 5.56 Å². The van der Waals surface area contributed by atoms with E-state index < -0.39 is 31.4 Å². The molecule has 5 nitrogen and oxygen atoms in total. The largest absolute Gasteiger partial charge is 0.492 e. The van der Waals surface area contributed by atoms with E-state index in [4.69, 9.17) is 15.4 Å². The maximum absolute atomic E-state index is 13.9. The summed E-state index contributed by atoms with van der Waals surface area (Å²) in [5.41, 5.74) is -0.0734. The van der Waals surface area contributed by atoms with Gasteiger partial charge in [0.1, 0.15) is 4.90 Å². The average molecular weight is 336 g/mol. The van der Waals surface area contributed by atoms with Crippen molar-refractivity contribution in [2.45, 2.75) is 17.7 Å². The van der Waals surface area contributed by atoms with Gasteiger partial charge in [-0.3, -0.25) is 4.79 Å². The summed E-state index contributed by atoms with van der Waals surface area (Å²) >= 11 is 0. The van der Waals surface area contributed by atoms with Crippen molar-refractivity contribution in [3.63, 3.8) is 0 Å². The van der Waals surface area contributed by atoms with Gasteiger partial charge >= 0.3 is 0 Å². The zero-order chi connectivity index (χ0) is 15.8. The van der Waals surface area contributed by atoms with Crippen LogP contribution in [0.1, 0.15) is 23.2 Å². The maximum Gasteiger partial charge on any atom is 0.265 e. The summed E-state index contributed by atoms with van der Waals surface area (Å²) in [7, 11) is 3.77. The minimum absolute atomic E-state index is 0.0734. The average Bonchev–Trinajstić information content (AvgIpc) is 3.19. The van der Waals surface area contributed by atoms with E-state index in [0.717, 1.165) is 32.1 Å². The summed E-state index contributed by atoms with van der Waals surface area (Å²) in [6, 6.07) is 1.99. The first-order valence-corrected chi connectivity index (χ1v) is 8.62. The van der Waals surface area contributed by atoms with Crippen molar-refractivity contribution in [1.29, 1.82) is 0 Å². The number of carbonyl (C=O) groups is 1. The molecule has 1 aromatic carbocycles. The highest BCUT2D eigenvalue weighted by molar-refractivity contribution is 8.13. The van der Waals surface area contributed by atoms with E-state index in [2.05, 4.69) is 0 Å². The van der Waals surface area contributed by atoms with Gasteiger partial charge in [0, 0.05) is 29.8 Å². The van der Waals surface area contributed by atoms with Crippen LogP contribution in [0.5, 0.6) is 5.75 Å². The van der Waals surface area contributed by atoms with Crippen LogP contribution in [-0.4, -0.2) is 39.9 Å². The highest BCUT2D eigenvalue weighted by atomic mass is 35.7. The zero-order valence-corrected chi connectivity index (χ0v) is 13.2. The second kappa shape index (κ2) is 5.81. The first-order chi connectivity index (χ1) is 9.74. The van der Waals surface area contributed by atoms with Gasteiger partial charge in [-0.2, -0.15) is 0 Å². The van der Waals surface area contributed by atoms with Crippen LogP contribution in [-0.2, 0) is 9.05 Å². The molecule has 0 aromatic heterocycles. The molecular weight excluding hydrogens is 321 g/mol. The molecule has 0 N–H and O–H groups in total. The molecular formula is C13H15ClFNO4S. The Labute approximate surface area is 127 Å². The summed E-state index contributed by atoms with van der Waals surface area (Å²) in [5.74, 6) is -1.42. The molecule has 21 heavy (non-hydrogen) atoms. The summed E-state index contributed by atoms with van der Waals surface area (Å²) in [5, 5.41) is 0. The third-order valence-electron chi connectivity index (χ3n) is 3.30. The highest BCUT2D eigenvalue weighted by Crippen LogP contribution is 2.32. The fraction of sp³-hybridized carbons (Fsp3) is 0.462. The van der Waals surface area contributed by atoms with Gasteiger partial charge < -0.3 is 9.64 Å². The van der Waals surface area contributed by atoms with E-state index in [1.54, 1.807) is 7.05 Å². The van der Waals surface area contributed by atoms with E-state index in [0.29, 0.717) is 12.5 Å². The van der Waals surface area contributed by atoms with Crippen LogP contribution in [0.2, 0.25) is 0 Å². The molecule has 0 radical (unpaired) electrons. The van der Waals surface area contributed by atoms with Gasteiger partial charge in [0.05, 0.1) is 7.11 Å². The Morgan fingerprint density at radius 2 is 2.10 bits per heavy atom. The van der Waals surface area contributed by atoms with Crippen LogP contribution < -0.4 is 4.74 Å². The van der Waals surface area contributed by atoms with E-state index >= 15 is 0 Å². The van der Waals surface area contributed by atoms with Gasteiger partial charge in [0.25, 0.3) is 15.0 Å². The molecule has 0 heterocycles. The molecule has 116 valence electrons. The van der Waals surface area contributed by atoms with E-state index in [9.17, 15) is 17.6 Å². The molecule has 0 saturated heterocycles. The number of nitrogens with zero attached hydrogens (tertiary/aromatic N) is 1. The second-order valence-electron chi connectivity index (χ2n) is 5.06. The Bertz CT molecular complexity index is 673. The number of benzene rings is 1. The summed E-state index contributed by atoms with van der Waals surface area (Å²) in [6.07, 6.45) is 2.13. The lowest BCUT2D eigenvalue weighted by molar-refractivity contribution is 0.0788. The molecule has 1 saturated carbocycles.